The second kappa shape index (κ2) is 10.2. The van der Waals surface area contributed by atoms with E-state index in [0.717, 1.165) is 17.5 Å². The van der Waals surface area contributed by atoms with Crippen molar-refractivity contribution in [1.82, 2.24) is 5.32 Å². The van der Waals surface area contributed by atoms with Crippen LogP contribution in [0.5, 0.6) is 11.5 Å². The fourth-order valence-corrected chi connectivity index (χ4v) is 3.79. The molecule has 0 unspecified atom stereocenters. The number of thiocarbonyl (C=S) groups is 1. The summed E-state index contributed by atoms with van der Waals surface area (Å²) in [4.78, 5) is 27.3. The van der Waals surface area contributed by atoms with E-state index >= 15 is 0 Å². The lowest BCUT2D eigenvalue weighted by atomic mass is 10.0. The maximum atomic E-state index is 13.3. The summed E-state index contributed by atoms with van der Waals surface area (Å²) in [7, 11) is 1.57. The molecule has 1 fully saturated rings. The molecule has 1 N–H and O–H groups in total. The van der Waals surface area contributed by atoms with Crippen LogP contribution >= 0.6 is 12.2 Å². The molecule has 6 nitrogen and oxygen atoms in total. The van der Waals surface area contributed by atoms with Crippen LogP contribution in [0.4, 0.5) is 5.69 Å². The van der Waals surface area contributed by atoms with Gasteiger partial charge in [0.2, 0.25) is 0 Å². The lowest BCUT2D eigenvalue weighted by Crippen LogP contribution is -2.54. The number of nitrogens with one attached hydrogen (secondary N) is 1. The molecule has 2 aromatic rings. The molecule has 1 aliphatic heterocycles. The molecule has 32 heavy (non-hydrogen) atoms. The van der Waals surface area contributed by atoms with Gasteiger partial charge < -0.3 is 9.47 Å². The van der Waals surface area contributed by atoms with Gasteiger partial charge in [-0.15, -0.1) is 6.58 Å². The van der Waals surface area contributed by atoms with Gasteiger partial charge in [0.05, 0.1) is 19.4 Å². The predicted octanol–water partition coefficient (Wildman–Crippen LogP) is 4.22. The van der Waals surface area contributed by atoms with Gasteiger partial charge in [-0.25, -0.2) is 0 Å². The number of rotatable bonds is 8. The molecule has 0 bridgehead atoms. The van der Waals surface area contributed by atoms with E-state index in [0.29, 0.717) is 35.8 Å². The number of carbonyl (C=O) groups is 2. The number of amides is 2. The minimum absolute atomic E-state index is 0.0182. The highest BCUT2D eigenvalue weighted by atomic mass is 32.1. The average molecular weight is 451 g/mol. The third-order valence-electron chi connectivity index (χ3n) is 5.04. The van der Waals surface area contributed by atoms with Crippen molar-refractivity contribution in [3.8, 4) is 11.5 Å². The molecule has 0 saturated carbocycles. The molecule has 0 aromatic heterocycles. The lowest BCUT2D eigenvalue weighted by Gasteiger charge is -2.29. The van der Waals surface area contributed by atoms with Gasteiger partial charge >= 0.3 is 0 Å². The molecule has 3 rings (SSSR count). The van der Waals surface area contributed by atoms with E-state index in [2.05, 4.69) is 18.8 Å². The van der Waals surface area contributed by atoms with Crippen LogP contribution in [0.2, 0.25) is 0 Å². The lowest BCUT2D eigenvalue weighted by molar-refractivity contribution is -0.122. The van der Waals surface area contributed by atoms with Crippen molar-refractivity contribution in [2.45, 2.75) is 26.7 Å². The van der Waals surface area contributed by atoms with Crippen LogP contribution in [0, 0.1) is 0 Å². The quantitative estimate of drug-likeness (QED) is 0.282. The molecule has 0 spiro atoms. The second-order valence-corrected chi connectivity index (χ2v) is 7.50. The molecule has 1 heterocycles. The maximum Gasteiger partial charge on any atom is 0.270 e. The molecule has 1 saturated heterocycles. The predicted molar refractivity (Wildman–Crippen MR) is 130 cm³/mol. The highest BCUT2D eigenvalue weighted by Crippen LogP contribution is 2.34. The van der Waals surface area contributed by atoms with Crippen LogP contribution in [0.3, 0.4) is 0 Å². The van der Waals surface area contributed by atoms with Crippen molar-refractivity contribution in [2.75, 3.05) is 18.6 Å². The van der Waals surface area contributed by atoms with Gasteiger partial charge in [-0.05, 0) is 73.5 Å². The molecule has 0 aliphatic carbocycles. The Balaban J connectivity index is 2.05. The van der Waals surface area contributed by atoms with Gasteiger partial charge in [-0.3, -0.25) is 19.8 Å². The Morgan fingerprint density at radius 1 is 1.16 bits per heavy atom. The number of anilines is 1. The van der Waals surface area contributed by atoms with Gasteiger partial charge in [-0.2, -0.15) is 0 Å². The Hall–Kier alpha value is -3.45. The summed E-state index contributed by atoms with van der Waals surface area (Å²) in [5.41, 5.74) is 3.20. The highest BCUT2D eigenvalue weighted by Gasteiger charge is 2.34. The average Bonchev–Trinajstić information content (AvgIpc) is 2.77. The summed E-state index contributed by atoms with van der Waals surface area (Å²) in [6.07, 6.45) is 4.72. The first-order valence-corrected chi connectivity index (χ1v) is 10.8. The zero-order valence-corrected chi connectivity index (χ0v) is 19.3. The number of allylic oxidation sites excluding steroid dienone is 1. The minimum Gasteiger partial charge on any atom is -0.493 e. The number of aryl methyl sites for hydroxylation is 1. The van der Waals surface area contributed by atoms with E-state index in [-0.39, 0.29) is 10.7 Å². The van der Waals surface area contributed by atoms with E-state index in [1.54, 1.807) is 25.3 Å². The molecule has 2 aromatic carbocycles. The van der Waals surface area contributed by atoms with Crippen molar-refractivity contribution in [1.29, 1.82) is 0 Å². The summed E-state index contributed by atoms with van der Waals surface area (Å²) in [6.45, 7) is 8.16. The number of hydrogen-bond acceptors (Lipinski definition) is 5. The van der Waals surface area contributed by atoms with Crippen molar-refractivity contribution in [3.63, 3.8) is 0 Å². The molecule has 166 valence electrons. The topological polar surface area (TPSA) is 67.9 Å². The fraction of sp³-hybridized carbons (Fsp3) is 0.240. The summed E-state index contributed by atoms with van der Waals surface area (Å²) >= 11 is 5.28. The monoisotopic (exact) mass is 450 g/mol. The first-order chi connectivity index (χ1) is 15.4. The van der Waals surface area contributed by atoms with Crippen molar-refractivity contribution in [2.24, 2.45) is 0 Å². The molecule has 0 atom stereocenters. The van der Waals surface area contributed by atoms with Gasteiger partial charge in [0, 0.05) is 5.56 Å². The zero-order valence-electron chi connectivity index (χ0n) is 18.4. The number of methoxy groups -OCH3 is 1. The Bertz CT molecular complexity index is 1090. The highest BCUT2D eigenvalue weighted by molar-refractivity contribution is 7.80. The van der Waals surface area contributed by atoms with Crippen molar-refractivity contribution in [3.05, 3.63) is 71.3 Å². The minimum atomic E-state index is -0.541. The van der Waals surface area contributed by atoms with Gasteiger partial charge in [0.15, 0.2) is 16.6 Å². The normalized spacial score (nSPS) is 15.0. The van der Waals surface area contributed by atoms with E-state index < -0.39 is 11.8 Å². The molecular formula is C25H26N2O4S. The molecule has 2 amide bonds. The van der Waals surface area contributed by atoms with Crippen LogP contribution in [0.1, 0.15) is 30.5 Å². The molecular weight excluding hydrogens is 424 g/mol. The Kier molecular flexibility index (Phi) is 7.43. The molecule has 0 radical (unpaired) electrons. The van der Waals surface area contributed by atoms with Crippen molar-refractivity contribution >= 4 is 40.9 Å². The van der Waals surface area contributed by atoms with E-state index in [4.69, 9.17) is 21.7 Å². The Labute approximate surface area is 193 Å². The Morgan fingerprint density at radius 3 is 2.47 bits per heavy atom. The first kappa shape index (κ1) is 23.2. The zero-order chi connectivity index (χ0) is 23.3. The first-order valence-electron chi connectivity index (χ1n) is 10.4. The summed E-state index contributed by atoms with van der Waals surface area (Å²) < 4.78 is 11.2. The van der Waals surface area contributed by atoms with E-state index in [1.807, 2.05) is 37.3 Å². The van der Waals surface area contributed by atoms with Gasteiger partial charge in [0.1, 0.15) is 5.57 Å². The smallest absolute Gasteiger partial charge is 0.270 e. The largest absolute Gasteiger partial charge is 0.493 e. The van der Waals surface area contributed by atoms with Crippen LogP contribution in [0.15, 0.2) is 54.6 Å². The summed E-state index contributed by atoms with van der Waals surface area (Å²) in [6, 6.07) is 11.1. The SMILES string of the molecule is C=CCc1cc(/C=C2\C(=O)NC(=S)N(c3ccc(CC)cc3)C2=O)cc(OCC)c1OC. The van der Waals surface area contributed by atoms with Crippen LogP contribution in [-0.2, 0) is 22.4 Å². The third kappa shape index (κ3) is 4.73. The number of benzene rings is 2. The van der Waals surface area contributed by atoms with Crippen LogP contribution < -0.4 is 19.7 Å². The standard InChI is InChI=1S/C25H26N2O4S/c1-5-8-18-13-17(15-21(31-7-3)22(18)30-4)14-20-23(28)26-25(32)27(24(20)29)19-11-9-16(6-2)10-12-19/h5,9-15H,1,6-8H2,2-4H3,(H,26,28,32)/b20-14+. The summed E-state index contributed by atoms with van der Waals surface area (Å²) in [5, 5.41) is 2.67. The molecule has 1 aliphatic rings. The van der Waals surface area contributed by atoms with Crippen LogP contribution in [0.25, 0.3) is 6.08 Å². The van der Waals surface area contributed by atoms with Gasteiger partial charge in [0.25, 0.3) is 11.8 Å². The number of carbonyl (C=O) groups excluding carboxylic acids is 2. The third-order valence-corrected chi connectivity index (χ3v) is 5.32. The number of nitrogens with zero attached hydrogens (tertiary/aromatic N) is 1. The van der Waals surface area contributed by atoms with Gasteiger partial charge in [-0.1, -0.05) is 25.1 Å². The van der Waals surface area contributed by atoms with Crippen LogP contribution in [-0.4, -0.2) is 30.6 Å². The number of hydrogen-bond donors (Lipinski definition) is 1. The second-order valence-electron chi connectivity index (χ2n) is 7.12. The number of ether oxygens (including phenoxy) is 2. The van der Waals surface area contributed by atoms with E-state index in [1.165, 1.54) is 4.90 Å². The van der Waals surface area contributed by atoms with E-state index in [9.17, 15) is 9.59 Å². The van der Waals surface area contributed by atoms with Crippen molar-refractivity contribution < 1.29 is 19.1 Å². The summed E-state index contributed by atoms with van der Waals surface area (Å²) in [5.74, 6) is 0.113. The molecule has 7 heteroatoms. The fourth-order valence-electron chi connectivity index (χ4n) is 3.51. The Morgan fingerprint density at radius 2 is 1.88 bits per heavy atom. The maximum absolute atomic E-state index is 13.3.